The molecule has 0 aromatic heterocycles. The number of hydrogen-bond donors (Lipinski definition) is 1. The van der Waals surface area contributed by atoms with E-state index in [-0.39, 0.29) is 24.8 Å². The van der Waals surface area contributed by atoms with Crippen molar-refractivity contribution in [2.75, 3.05) is 37.9 Å². The first-order valence-electron chi connectivity index (χ1n) is 6.20. The minimum Gasteiger partial charge on any atom is -0.463 e. The van der Waals surface area contributed by atoms with Gasteiger partial charge < -0.3 is 19.3 Å². The summed E-state index contributed by atoms with van der Waals surface area (Å²) < 4.78 is 16.4. The van der Waals surface area contributed by atoms with Gasteiger partial charge in [0.1, 0.15) is 6.61 Å². The Labute approximate surface area is 122 Å². The van der Waals surface area contributed by atoms with E-state index in [1.54, 1.807) is 28.5 Å². The van der Waals surface area contributed by atoms with Gasteiger partial charge in [0.25, 0.3) is 0 Å². The first-order chi connectivity index (χ1) is 8.90. The van der Waals surface area contributed by atoms with Gasteiger partial charge in [0, 0.05) is 11.5 Å². The summed E-state index contributed by atoms with van der Waals surface area (Å²) in [6.07, 6.45) is 0. The van der Waals surface area contributed by atoms with Gasteiger partial charge in [-0.3, -0.25) is 0 Å². The predicted octanol–water partition coefficient (Wildman–Crippen LogP) is 1.49. The van der Waals surface area contributed by atoms with E-state index in [1.807, 2.05) is 13.8 Å². The largest absolute Gasteiger partial charge is 0.463 e. The van der Waals surface area contributed by atoms with Crippen molar-refractivity contribution in [3.63, 3.8) is 0 Å². The molecule has 0 aliphatic carbocycles. The lowest BCUT2D eigenvalue weighted by Gasteiger charge is -2.39. The summed E-state index contributed by atoms with van der Waals surface area (Å²) >= 11 is 0. The highest BCUT2D eigenvalue weighted by Crippen LogP contribution is 2.26. The lowest BCUT2D eigenvalue weighted by Crippen LogP contribution is -2.54. The first-order valence-corrected chi connectivity index (χ1v) is 8.69. The van der Waals surface area contributed by atoms with E-state index in [4.69, 9.17) is 19.3 Å². The molecule has 0 amide bonds. The molecule has 1 heterocycles. The Morgan fingerprint density at radius 2 is 1.89 bits per heavy atom. The van der Waals surface area contributed by atoms with Gasteiger partial charge in [-0.25, -0.2) is 4.79 Å². The molecule has 1 fully saturated rings. The summed E-state index contributed by atoms with van der Waals surface area (Å²) in [4.78, 5) is 11.9. The van der Waals surface area contributed by atoms with E-state index in [9.17, 15) is 4.79 Å². The third kappa shape index (κ3) is 5.91. The van der Waals surface area contributed by atoms with E-state index in [0.717, 1.165) is 0 Å². The minimum absolute atomic E-state index is 0.163. The van der Waals surface area contributed by atoms with E-state index in [2.05, 4.69) is 0 Å². The number of rotatable bonds is 7. The lowest BCUT2D eigenvalue weighted by molar-refractivity contribution is -0.228. The van der Waals surface area contributed by atoms with Gasteiger partial charge >= 0.3 is 5.97 Å². The lowest BCUT2D eigenvalue weighted by atomic mass is 10.0. The van der Waals surface area contributed by atoms with Crippen LogP contribution < -0.4 is 0 Å². The number of carbonyl (C=O) groups excluding carboxylic acids is 1. The SMILES string of the molecule is CC1(C)COC(C)(C(=O)OCCSSCCO)CO1. The Bertz CT molecular complexity index is 286. The van der Waals surface area contributed by atoms with Crippen LogP contribution in [0.5, 0.6) is 0 Å². The van der Waals surface area contributed by atoms with Crippen LogP contribution in [0.25, 0.3) is 0 Å². The highest BCUT2D eigenvalue weighted by atomic mass is 33.1. The molecule has 0 bridgehead atoms. The summed E-state index contributed by atoms with van der Waals surface area (Å²) in [6.45, 7) is 6.63. The van der Waals surface area contributed by atoms with Gasteiger partial charge in [-0.05, 0) is 20.8 Å². The fraction of sp³-hybridized carbons (Fsp3) is 0.917. The number of ether oxygens (including phenoxy) is 3. The van der Waals surface area contributed by atoms with Crippen LogP contribution in [0, 0.1) is 0 Å². The van der Waals surface area contributed by atoms with Crippen molar-refractivity contribution in [3.05, 3.63) is 0 Å². The molecule has 1 aliphatic heterocycles. The number of hydrogen-bond acceptors (Lipinski definition) is 7. The van der Waals surface area contributed by atoms with Crippen molar-refractivity contribution in [1.29, 1.82) is 0 Å². The molecule has 1 N–H and O–H groups in total. The quantitative estimate of drug-likeness (QED) is 0.434. The average molecular weight is 310 g/mol. The maximum atomic E-state index is 11.9. The summed E-state index contributed by atoms with van der Waals surface area (Å²) in [7, 11) is 3.13. The van der Waals surface area contributed by atoms with Crippen molar-refractivity contribution >= 4 is 27.6 Å². The van der Waals surface area contributed by atoms with Gasteiger partial charge in [-0.15, -0.1) is 0 Å². The van der Waals surface area contributed by atoms with Crippen LogP contribution in [0.1, 0.15) is 20.8 Å². The zero-order valence-electron chi connectivity index (χ0n) is 11.6. The molecule has 1 unspecified atom stereocenters. The van der Waals surface area contributed by atoms with Gasteiger partial charge in [-0.1, -0.05) is 21.6 Å². The Balaban J connectivity index is 2.22. The van der Waals surface area contributed by atoms with Crippen LogP contribution in [-0.4, -0.2) is 60.2 Å². The smallest absolute Gasteiger partial charge is 0.340 e. The Kier molecular flexibility index (Phi) is 6.96. The van der Waals surface area contributed by atoms with E-state index >= 15 is 0 Å². The molecule has 0 spiro atoms. The van der Waals surface area contributed by atoms with E-state index < -0.39 is 5.60 Å². The molecule has 1 rings (SSSR count). The third-order valence-corrected chi connectivity index (χ3v) is 4.92. The maximum absolute atomic E-state index is 11.9. The van der Waals surface area contributed by atoms with Crippen LogP contribution in [-0.2, 0) is 19.0 Å². The molecule has 0 saturated carbocycles. The average Bonchev–Trinajstić information content (AvgIpc) is 2.37. The van der Waals surface area contributed by atoms with Crippen LogP contribution in [0.15, 0.2) is 0 Å². The molecule has 1 aliphatic rings. The van der Waals surface area contributed by atoms with E-state index in [0.29, 0.717) is 24.7 Å². The molecule has 112 valence electrons. The monoisotopic (exact) mass is 310 g/mol. The fourth-order valence-electron chi connectivity index (χ4n) is 1.34. The Morgan fingerprint density at radius 1 is 1.21 bits per heavy atom. The number of aliphatic hydroxyl groups is 1. The Hall–Kier alpha value is 0.0500. The van der Waals surface area contributed by atoms with Crippen molar-refractivity contribution < 1.29 is 24.1 Å². The van der Waals surface area contributed by atoms with Crippen LogP contribution >= 0.6 is 21.6 Å². The van der Waals surface area contributed by atoms with Crippen LogP contribution in [0.3, 0.4) is 0 Å². The molecule has 0 aromatic carbocycles. The molecule has 19 heavy (non-hydrogen) atoms. The van der Waals surface area contributed by atoms with Gasteiger partial charge in [0.2, 0.25) is 0 Å². The summed E-state index contributed by atoms with van der Waals surface area (Å²) in [5.74, 6) is 0.997. The van der Waals surface area contributed by atoms with Crippen LogP contribution in [0.2, 0.25) is 0 Å². The molecular weight excluding hydrogens is 288 g/mol. The minimum atomic E-state index is -1.00. The van der Waals surface area contributed by atoms with Gasteiger partial charge in [0.15, 0.2) is 5.60 Å². The number of aliphatic hydroxyl groups excluding tert-OH is 1. The molecule has 1 saturated heterocycles. The van der Waals surface area contributed by atoms with Crippen molar-refractivity contribution in [2.24, 2.45) is 0 Å². The standard InChI is InChI=1S/C12H22O5S2/c1-11(2)8-17-12(3,9-16-11)10(14)15-5-7-19-18-6-4-13/h13H,4-9H2,1-3H3. The first kappa shape index (κ1) is 17.1. The number of carbonyl (C=O) groups is 1. The van der Waals surface area contributed by atoms with Gasteiger partial charge in [0.05, 0.1) is 25.4 Å². The zero-order valence-corrected chi connectivity index (χ0v) is 13.3. The van der Waals surface area contributed by atoms with E-state index in [1.165, 1.54) is 0 Å². The second-order valence-electron chi connectivity index (χ2n) is 5.07. The number of esters is 1. The molecule has 1 atom stereocenters. The van der Waals surface area contributed by atoms with Gasteiger partial charge in [-0.2, -0.15) is 0 Å². The summed E-state index contributed by atoms with van der Waals surface area (Å²) in [5.41, 5.74) is -1.35. The summed E-state index contributed by atoms with van der Waals surface area (Å²) in [5, 5.41) is 8.61. The second kappa shape index (κ2) is 7.73. The highest BCUT2D eigenvalue weighted by Gasteiger charge is 2.43. The van der Waals surface area contributed by atoms with Crippen molar-refractivity contribution in [1.82, 2.24) is 0 Å². The Morgan fingerprint density at radius 3 is 2.47 bits per heavy atom. The fourth-order valence-corrected chi connectivity index (χ4v) is 2.94. The molecule has 0 aromatic rings. The van der Waals surface area contributed by atoms with Crippen molar-refractivity contribution in [3.8, 4) is 0 Å². The third-order valence-electron chi connectivity index (χ3n) is 2.57. The highest BCUT2D eigenvalue weighted by molar-refractivity contribution is 8.76. The molecule has 0 radical (unpaired) electrons. The molecule has 5 nitrogen and oxygen atoms in total. The topological polar surface area (TPSA) is 65.0 Å². The van der Waals surface area contributed by atoms with Crippen LogP contribution in [0.4, 0.5) is 0 Å². The summed E-state index contributed by atoms with van der Waals surface area (Å²) in [6, 6.07) is 0. The molecule has 7 heteroatoms. The molecular formula is C12H22O5S2. The normalized spacial score (nSPS) is 26.1. The maximum Gasteiger partial charge on any atom is 0.340 e. The predicted molar refractivity (Wildman–Crippen MR) is 77.3 cm³/mol. The van der Waals surface area contributed by atoms with Crippen molar-refractivity contribution in [2.45, 2.75) is 32.0 Å². The zero-order chi connectivity index (χ0) is 14.4. The second-order valence-corrected chi connectivity index (χ2v) is 7.77.